The summed E-state index contributed by atoms with van der Waals surface area (Å²) in [6.07, 6.45) is 4.04. The average Bonchev–Trinajstić information content (AvgIpc) is 3.31. The van der Waals surface area contributed by atoms with Crippen LogP contribution in [0.25, 0.3) is 0 Å². The molecule has 2 N–H and O–H groups in total. The van der Waals surface area contributed by atoms with Crippen molar-refractivity contribution in [1.82, 2.24) is 9.97 Å². The van der Waals surface area contributed by atoms with Crippen LogP contribution in [0.15, 0.2) is 24.4 Å². The normalized spacial score (nSPS) is 26.2. The van der Waals surface area contributed by atoms with Crippen LogP contribution in [-0.2, 0) is 19.9 Å². The van der Waals surface area contributed by atoms with Gasteiger partial charge in [0.05, 0.1) is 29.1 Å². The molecule has 2 aliphatic carbocycles. The van der Waals surface area contributed by atoms with Crippen LogP contribution in [0.4, 0.5) is 26.5 Å². The van der Waals surface area contributed by atoms with Crippen molar-refractivity contribution in [3.05, 3.63) is 41.2 Å². The Bertz CT molecular complexity index is 1190. The Labute approximate surface area is 208 Å². The number of urea groups is 1. The van der Waals surface area contributed by atoms with Crippen molar-refractivity contribution in [3.63, 3.8) is 0 Å². The smallest absolute Gasteiger partial charge is 0.328 e. The zero-order chi connectivity index (χ0) is 25.4. The van der Waals surface area contributed by atoms with Gasteiger partial charge in [-0.3, -0.25) is 10.2 Å². The first kappa shape index (κ1) is 24.4. The van der Waals surface area contributed by atoms with Gasteiger partial charge in [0.15, 0.2) is 0 Å². The molecule has 2 saturated carbocycles. The standard InChI is InChI=1S/C25H29FN6O4/c1-34-20-6-4-5-17(20)29-19-9-21(28-13-14(19)12-27)31-24(33)32-15-10-25(26,11-15)16-7-8-18(30-22(16)32)23(35-2)36-3/h7-9,13,15,17,20,23H,4-6,10-11H2,1-3H3,(H2,28,29,31,33)/t15?,17-,20-,25?/m1/s1. The molecule has 2 aliphatic heterocycles. The summed E-state index contributed by atoms with van der Waals surface area (Å²) in [5, 5.41) is 15.7. The summed E-state index contributed by atoms with van der Waals surface area (Å²) in [5.41, 5.74) is 0.257. The van der Waals surface area contributed by atoms with Crippen LogP contribution in [0.1, 0.15) is 55.2 Å². The Morgan fingerprint density at radius 1 is 1.28 bits per heavy atom. The van der Waals surface area contributed by atoms with Crippen LogP contribution in [0, 0.1) is 11.3 Å². The molecule has 4 heterocycles. The van der Waals surface area contributed by atoms with Gasteiger partial charge in [-0.15, -0.1) is 0 Å². The number of carbonyl (C=O) groups is 1. The van der Waals surface area contributed by atoms with E-state index in [1.807, 2.05) is 0 Å². The predicted octanol–water partition coefficient (Wildman–Crippen LogP) is 4.00. The minimum Gasteiger partial charge on any atom is -0.379 e. The van der Waals surface area contributed by atoms with Crippen molar-refractivity contribution in [2.75, 3.05) is 36.9 Å². The van der Waals surface area contributed by atoms with Crippen LogP contribution in [0.2, 0.25) is 0 Å². The lowest BCUT2D eigenvalue weighted by atomic mass is 9.69. The summed E-state index contributed by atoms with van der Waals surface area (Å²) in [6.45, 7) is 0. The number of halogens is 1. The Balaban J connectivity index is 1.41. The first-order chi connectivity index (χ1) is 17.4. The second kappa shape index (κ2) is 9.61. The molecule has 2 aromatic heterocycles. The number of aromatic nitrogens is 2. The van der Waals surface area contributed by atoms with E-state index in [9.17, 15) is 10.1 Å². The third-order valence-corrected chi connectivity index (χ3v) is 7.34. The van der Waals surface area contributed by atoms with E-state index in [0.717, 1.165) is 19.3 Å². The fourth-order valence-electron chi connectivity index (χ4n) is 5.47. The van der Waals surface area contributed by atoms with Crippen molar-refractivity contribution in [2.45, 2.75) is 62.3 Å². The van der Waals surface area contributed by atoms with Gasteiger partial charge < -0.3 is 19.5 Å². The number of hydrogen-bond donors (Lipinski definition) is 2. The van der Waals surface area contributed by atoms with E-state index >= 15 is 4.39 Å². The fourth-order valence-corrected chi connectivity index (χ4v) is 5.47. The highest BCUT2D eigenvalue weighted by molar-refractivity contribution is 6.02. The first-order valence-corrected chi connectivity index (χ1v) is 12.0. The molecule has 2 atom stereocenters. The number of pyridine rings is 2. The Kier molecular flexibility index (Phi) is 6.51. The molecule has 2 fully saturated rings. The topological polar surface area (TPSA) is 122 Å². The molecule has 36 heavy (non-hydrogen) atoms. The second-order valence-corrected chi connectivity index (χ2v) is 9.42. The predicted molar refractivity (Wildman–Crippen MR) is 129 cm³/mol. The van der Waals surface area contributed by atoms with E-state index in [1.54, 1.807) is 25.3 Å². The van der Waals surface area contributed by atoms with Crippen molar-refractivity contribution >= 4 is 23.4 Å². The van der Waals surface area contributed by atoms with Crippen molar-refractivity contribution in [2.24, 2.45) is 0 Å². The maximum absolute atomic E-state index is 15.4. The molecule has 2 aromatic rings. The number of nitrogens with one attached hydrogen (secondary N) is 2. The lowest BCUT2D eigenvalue weighted by Crippen LogP contribution is -2.60. The van der Waals surface area contributed by atoms with Crippen molar-refractivity contribution in [1.29, 1.82) is 5.26 Å². The van der Waals surface area contributed by atoms with E-state index in [4.69, 9.17) is 14.2 Å². The van der Waals surface area contributed by atoms with Crippen LogP contribution in [-0.4, -0.2) is 55.5 Å². The number of nitrogens with zero attached hydrogens (tertiary/aromatic N) is 4. The number of rotatable bonds is 7. The zero-order valence-electron chi connectivity index (χ0n) is 20.5. The van der Waals surface area contributed by atoms with Crippen LogP contribution < -0.4 is 15.5 Å². The van der Waals surface area contributed by atoms with Gasteiger partial charge >= 0.3 is 6.03 Å². The summed E-state index contributed by atoms with van der Waals surface area (Å²) in [6, 6.07) is 6.34. The molecule has 0 saturated heterocycles. The minimum absolute atomic E-state index is 0.0514. The highest BCUT2D eigenvalue weighted by atomic mass is 19.1. The van der Waals surface area contributed by atoms with Gasteiger partial charge in [-0.1, -0.05) is 6.07 Å². The van der Waals surface area contributed by atoms with Gasteiger partial charge in [-0.05, 0) is 25.3 Å². The highest BCUT2D eigenvalue weighted by Crippen LogP contribution is 2.55. The molecule has 11 heteroatoms. The van der Waals surface area contributed by atoms with Crippen LogP contribution in [0.5, 0.6) is 0 Å². The quantitative estimate of drug-likeness (QED) is 0.552. The van der Waals surface area contributed by atoms with Gasteiger partial charge in [0.25, 0.3) is 0 Å². The lowest BCUT2D eigenvalue weighted by Gasteiger charge is -2.52. The molecule has 6 rings (SSSR count). The molecule has 2 bridgehead atoms. The molecule has 0 aromatic carbocycles. The molecular weight excluding hydrogens is 467 g/mol. The number of carbonyl (C=O) groups excluding carboxylic acids is 1. The van der Waals surface area contributed by atoms with Gasteiger partial charge in [0.1, 0.15) is 23.4 Å². The fraction of sp³-hybridized carbons (Fsp3) is 0.520. The summed E-state index contributed by atoms with van der Waals surface area (Å²) in [5.74, 6) is 0.518. The van der Waals surface area contributed by atoms with Gasteiger partial charge in [0.2, 0.25) is 6.29 Å². The van der Waals surface area contributed by atoms with Crippen LogP contribution in [0.3, 0.4) is 0 Å². The minimum atomic E-state index is -1.50. The number of amides is 2. The lowest BCUT2D eigenvalue weighted by molar-refractivity contribution is -0.108. The van der Waals surface area contributed by atoms with E-state index < -0.39 is 18.0 Å². The monoisotopic (exact) mass is 496 g/mol. The number of alkyl halides is 1. The first-order valence-electron chi connectivity index (χ1n) is 12.0. The van der Waals surface area contributed by atoms with Gasteiger partial charge in [0, 0.05) is 58.0 Å². The Morgan fingerprint density at radius 3 is 2.75 bits per heavy atom. The largest absolute Gasteiger partial charge is 0.379 e. The number of hydrogen-bond acceptors (Lipinski definition) is 8. The molecule has 2 amide bonds. The van der Waals surface area contributed by atoms with Gasteiger partial charge in [-0.25, -0.2) is 19.2 Å². The maximum atomic E-state index is 15.4. The van der Waals surface area contributed by atoms with E-state index in [0.29, 0.717) is 22.5 Å². The van der Waals surface area contributed by atoms with Gasteiger partial charge in [-0.2, -0.15) is 5.26 Å². The molecule has 0 radical (unpaired) electrons. The number of nitriles is 1. The maximum Gasteiger partial charge on any atom is 0.328 e. The summed E-state index contributed by atoms with van der Waals surface area (Å²) in [7, 11) is 4.64. The summed E-state index contributed by atoms with van der Waals surface area (Å²) < 4.78 is 31.5. The number of ether oxygens (including phenoxy) is 3. The Hall–Kier alpha value is -3.33. The summed E-state index contributed by atoms with van der Waals surface area (Å²) >= 11 is 0. The molecule has 10 nitrogen and oxygen atoms in total. The van der Waals surface area contributed by atoms with E-state index in [1.165, 1.54) is 25.3 Å². The van der Waals surface area contributed by atoms with E-state index in [-0.39, 0.29) is 42.7 Å². The molecule has 0 spiro atoms. The van der Waals surface area contributed by atoms with Crippen molar-refractivity contribution in [3.8, 4) is 6.07 Å². The third-order valence-electron chi connectivity index (χ3n) is 7.34. The molecule has 190 valence electrons. The molecular formula is C25H29FN6O4. The molecule has 0 unspecified atom stereocenters. The Morgan fingerprint density at radius 2 is 2.06 bits per heavy atom. The number of anilines is 3. The molecule has 4 aliphatic rings. The third kappa shape index (κ3) is 4.15. The van der Waals surface area contributed by atoms with Crippen LogP contribution >= 0.6 is 0 Å². The van der Waals surface area contributed by atoms with E-state index in [2.05, 4.69) is 26.7 Å². The second-order valence-electron chi connectivity index (χ2n) is 9.42. The average molecular weight is 497 g/mol. The van der Waals surface area contributed by atoms with Crippen molar-refractivity contribution < 1.29 is 23.4 Å². The summed E-state index contributed by atoms with van der Waals surface area (Å²) in [4.78, 5) is 23.7. The zero-order valence-corrected chi connectivity index (χ0v) is 20.5. The number of methoxy groups -OCH3 is 3. The SMILES string of the molecule is COC(OC)c1ccc2c(n1)N(C(=O)Nc1cc(N[C@@H]3CCC[C@H]3OC)c(C#N)cn1)C1CC2(F)C1. The highest BCUT2D eigenvalue weighted by Gasteiger charge is 2.57.